The molecule has 0 fully saturated rings. The van der Waals surface area contributed by atoms with E-state index in [0.29, 0.717) is 10.6 Å². The van der Waals surface area contributed by atoms with Crippen LogP contribution in [0.3, 0.4) is 0 Å². The second-order valence-corrected chi connectivity index (χ2v) is 3.29. The smallest absolute Gasteiger partial charge is 0.0959 e. The Balaban J connectivity index is 3.12. The van der Waals surface area contributed by atoms with Crippen molar-refractivity contribution >= 4 is 16.6 Å². The van der Waals surface area contributed by atoms with Gasteiger partial charge in [0.2, 0.25) is 0 Å². The third kappa shape index (κ3) is 2.34. The third-order valence-corrected chi connectivity index (χ3v) is 2.30. The minimum absolute atomic E-state index is 0.530. The van der Waals surface area contributed by atoms with Crippen LogP contribution in [0.4, 0.5) is 0 Å². The zero-order chi connectivity index (χ0) is 9.84. The molecule has 0 atom stereocenters. The predicted octanol–water partition coefficient (Wildman–Crippen LogP) is 3.49. The van der Waals surface area contributed by atoms with Crippen molar-refractivity contribution in [3.63, 3.8) is 0 Å². The Labute approximate surface area is 83.3 Å². The molecule has 0 bridgehead atoms. The van der Waals surface area contributed by atoms with Gasteiger partial charge in [0.1, 0.15) is 0 Å². The lowest BCUT2D eigenvalue weighted by atomic mass is 10.1. The molecule has 1 aromatic rings. The molecule has 2 heteroatoms. The zero-order valence-electron chi connectivity index (χ0n) is 7.63. The Morgan fingerprint density at radius 2 is 1.85 bits per heavy atom. The van der Waals surface area contributed by atoms with E-state index in [-0.39, 0.29) is 0 Å². The summed E-state index contributed by atoms with van der Waals surface area (Å²) in [6, 6.07) is 9.80. The SMILES string of the molecule is CC(C#N)=C(Cl)c1ccc(C)cc1. The highest BCUT2D eigenvalue weighted by atomic mass is 35.5. The van der Waals surface area contributed by atoms with Crippen molar-refractivity contribution in [3.05, 3.63) is 41.0 Å². The molecule has 1 nitrogen and oxygen atoms in total. The van der Waals surface area contributed by atoms with Gasteiger partial charge in [-0.3, -0.25) is 0 Å². The lowest BCUT2D eigenvalue weighted by molar-refractivity contribution is 1.43. The van der Waals surface area contributed by atoms with Crippen molar-refractivity contribution in [3.8, 4) is 6.07 Å². The third-order valence-electron chi connectivity index (χ3n) is 1.80. The molecule has 0 radical (unpaired) electrons. The molecule has 0 saturated heterocycles. The Bertz CT molecular complexity index is 368. The fourth-order valence-corrected chi connectivity index (χ4v) is 1.13. The fraction of sp³-hybridized carbons (Fsp3) is 0.182. The normalized spacial score (nSPS) is 11.8. The van der Waals surface area contributed by atoms with E-state index in [1.54, 1.807) is 6.92 Å². The number of allylic oxidation sites excluding steroid dienone is 1. The van der Waals surface area contributed by atoms with Crippen molar-refractivity contribution in [2.45, 2.75) is 13.8 Å². The first-order valence-electron chi connectivity index (χ1n) is 3.98. The summed E-state index contributed by atoms with van der Waals surface area (Å²) in [6.07, 6.45) is 0. The van der Waals surface area contributed by atoms with Crippen molar-refractivity contribution in [1.82, 2.24) is 0 Å². The summed E-state index contributed by atoms with van der Waals surface area (Å²) in [5.41, 5.74) is 2.62. The van der Waals surface area contributed by atoms with Gasteiger partial charge in [0.05, 0.1) is 11.1 Å². The molecule has 0 aliphatic carbocycles. The molecule has 1 aromatic carbocycles. The summed E-state index contributed by atoms with van der Waals surface area (Å²) in [5.74, 6) is 0. The molecule has 0 saturated carbocycles. The Hall–Kier alpha value is -1.26. The maximum atomic E-state index is 8.63. The summed E-state index contributed by atoms with van der Waals surface area (Å²) in [4.78, 5) is 0. The second kappa shape index (κ2) is 4.11. The van der Waals surface area contributed by atoms with Gasteiger partial charge in [-0.25, -0.2) is 0 Å². The van der Waals surface area contributed by atoms with Gasteiger partial charge >= 0.3 is 0 Å². The lowest BCUT2D eigenvalue weighted by Gasteiger charge is -2.00. The average Bonchev–Trinajstić information content (AvgIpc) is 2.17. The Morgan fingerprint density at radius 3 is 2.31 bits per heavy atom. The van der Waals surface area contributed by atoms with Crippen LogP contribution in [0.2, 0.25) is 0 Å². The number of halogens is 1. The lowest BCUT2D eigenvalue weighted by Crippen LogP contribution is -1.81. The van der Waals surface area contributed by atoms with E-state index < -0.39 is 0 Å². The standard InChI is InChI=1S/C11H10ClN/c1-8-3-5-10(6-4-8)11(12)9(2)7-13/h3-6H,1-2H3. The minimum Gasteiger partial charge on any atom is -0.193 e. The monoisotopic (exact) mass is 191 g/mol. The molecule has 13 heavy (non-hydrogen) atoms. The highest BCUT2D eigenvalue weighted by Gasteiger charge is 2.01. The van der Waals surface area contributed by atoms with Gasteiger partial charge in [-0.1, -0.05) is 41.4 Å². The molecule has 0 N–H and O–H groups in total. The first kappa shape index (κ1) is 9.83. The van der Waals surface area contributed by atoms with E-state index in [1.165, 1.54) is 5.56 Å². The van der Waals surface area contributed by atoms with E-state index in [0.717, 1.165) is 5.56 Å². The first-order chi connectivity index (χ1) is 6.15. The molecule has 0 aromatic heterocycles. The van der Waals surface area contributed by atoms with Gasteiger partial charge in [-0.15, -0.1) is 0 Å². The van der Waals surface area contributed by atoms with Gasteiger partial charge in [0, 0.05) is 5.57 Å². The van der Waals surface area contributed by atoms with Gasteiger partial charge in [0.15, 0.2) is 0 Å². The largest absolute Gasteiger partial charge is 0.193 e. The molecule has 0 unspecified atom stereocenters. The molecule has 0 spiro atoms. The van der Waals surface area contributed by atoms with Crippen LogP contribution in [-0.4, -0.2) is 0 Å². The highest BCUT2D eigenvalue weighted by molar-refractivity contribution is 6.49. The number of rotatable bonds is 1. The van der Waals surface area contributed by atoms with Crippen molar-refractivity contribution in [2.75, 3.05) is 0 Å². The van der Waals surface area contributed by atoms with Crippen LogP contribution < -0.4 is 0 Å². The molecule has 0 amide bonds. The Kier molecular flexibility index (Phi) is 3.11. The summed E-state index contributed by atoms with van der Waals surface area (Å²) in [5, 5.41) is 9.16. The molecule has 66 valence electrons. The maximum absolute atomic E-state index is 8.63. The summed E-state index contributed by atoms with van der Waals surface area (Å²) in [6.45, 7) is 3.72. The molecule has 0 aliphatic heterocycles. The first-order valence-corrected chi connectivity index (χ1v) is 4.36. The average molecular weight is 192 g/mol. The van der Waals surface area contributed by atoms with Crippen LogP contribution in [0.15, 0.2) is 29.8 Å². The number of hydrogen-bond donors (Lipinski definition) is 0. The molecule has 1 rings (SSSR count). The van der Waals surface area contributed by atoms with Crippen LogP contribution in [-0.2, 0) is 0 Å². The van der Waals surface area contributed by atoms with Crippen molar-refractivity contribution < 1.29 is 0 Å². The highest BCUT2D eigenvalue weighted by Crippen LogP contribution is 2.22. The fourth-order valence-electron chi connectivity index (χ4n) is 0.965. The number of benzene rings is 1. The van der Waals surface area contributed by atoms with Crippen LogP contribution in [0.5, 0.6) is 0 Å². The summed E-state index contributed by atoms with van der Waals surface area (Å²) >= 11 is 5.97. The molecule has 0 heterocycles. The number of aryl methyl sites for hydroxylation is 1. The maximum Gasteiger partial charge on any atom is 0.0959 e. The van der Waals surface area contributed by atoms with Crippen molar-refractivity contribution in [1.29, 1.82) is 5.26 Å². The second-order valence-electron chi connectivity index (χ2n) is 2.92. The quantitative estimate of drug-likeness (QED) is 0.624. The van der Waals surface area contributed by atoms with Gasteiger partial charge in [0.25, 0.3) is 0 Å². The van der Waals surface area contributed by atoms with E-state index in [1.807, 2.05) is 37.3 Å². The van der Waals surface area contributed by atoms with Gasteiger partial charge in [-0.05, 0) is 19.4 Å². The van der Waals surface area contributed by atoms with E-state index in [2.05, 4.69) is 0 Å². The van der Waals surface area contributed by atoms with Crippen molar-refractivity contribution in [2.24, 2.45) is 0 Å². The van der Waals surface area contributed by atoms with Crippen LogP contribution in [0.25, 0.3) is 5.03 Å². The zero-order valence-corrected chi connectivity index (χ0v) is 8.39. The van der Waals surface area contributed by atoms with E-state index in [4.69, 9.17) is 16.9 Å². The van der Waals surface area contributed by atoms with Crippen LogP contribution in [0, 0.1) is 18.3 Å². The van der Waals surface area contributed by atoms with Gasteiger partial charge in [-0.2, -0.15) is 5.26 Å². The molecular weight excluding hydrogens is 182 g/mol. The van der Waals surface area contributed by atoms with Crippen LogP contribution >= 0.6 is 11.6 Å². The van der Waals surface area contributed by atoms with E-state index >= 15 is 0 Å². The van der Waals surface area contributed by atoms with E-state index in [9.17, 15) is 0 Å². The summed E-state index contributed by atoms with van der Waals surface area (Å²) in [7, 11) is 0. The summed E-state index contributed by atoms with van der Waals surface area (Å²) < 4.78 is 0. The number of nitrogens with zero attached hydrogens (tertiary/aromatic N) is 1. The molecule has 0 aliphatic rings. The topological polar surface area (TPSA) is 23.8 Å². The van der Waals surface area contributed by atoms with Gasteiger partial charge < -0.3 is 0 Å². The van der Waals surface area contributed by atoms with Crippen LogP contribution in [0.1, 0.15) is 18.1 Å². The number of hydrogen-bond acceptors (Lipinski definition) is 1. The minimum atomic E-state index is 0.530. The Morgan fingerprint density at radius 1 is 1.31 bits per heavy atom. The predicted molar refractivity (Wildman–Crippen MR) is 55.2 cm³/mol. The molecular formula is C11H10ClN. The number of nitriles is 1.